The summed E-state index contributed by atoms with van der Waals surface area (Å²) in [6.07, 6.45) is 1.93. The second kappa shape index (κ2) is 14.6. The van der Waals surface area contributed by atoms with Crippen LogP contribution in [0.25, 0.3) is 0 Å². The predicted octanol–water partition coefficient (Wildman–Crippen LogP) is -3.72. The Labute approximate surface area is 205 Å². The van der Waals surface area contributed by atoms with E-state index in [1.54, 1.807) is 0 Å². The van der Waals surface area contributed by atoms with Gasteiger partial charge in [-0.25, -0.2) is 9.78 Å². The lowest BCUT2D eigenvalue weighted by atomic mass is 10.1. The number of carboxylic acid groups (broad SMARTS) is 1. The Morgan fingerprint density at radius 3 is 1.97 bits per heavy atom. The maximum Gasteiger partial charge on any atom is 0.326 e. The van der Waals surface area contributed by atoms with Crippen LogP contribution in [0.2, 0.25) is 0 Å². The molecule has 4 unspecified atom stereocenters. The van der Waals surface area contributed by atoms with E-state index in [0.717, 1.165) is 0 Å². The fourth-order valence-corrected chi connectivity index (χ4v) is 3.08. The van der Waals surface area contributed by atoms with Gasteiger partial charge in [-0.05, 0) is 12.8 Å². The van der Waals surface area contributed by atoms with Crippen LogP contribution in [-0.2, 0) is 35.2 Å². The summed E-state index contributed by atoms with van der Waals surface area (Å²) in [4.78, 5) is 77.9. The highest BCUT2D eigenvalue weighted by molar-refractivity contribution is 7.80. The van der Waals surface area contributed by atoms with Gasteiger partial charge < -0.3 is 43.2 Å². The number of aromatic amines is 1. The molecule has 194 valence electrons. The lowest BCUT2D eigenvalue weighted by Gasteiger charge is -2.24. The molecular weight excluding hydrogens is 484 g/mol. The summed E-state index contributed by atoms with van der Waals surface area (Å²) in [5.74, 6) is -5.37. The summed E-state index contributed by atoms with van der Waals surface area (Å²) in [7, 11) is 0. The number of nitrogens with two attached hydrogens (primary N) is 3. The third kappa shape index (κ3) is 10.9. The second-order valence-electron chi connectivity index (χ2n) is 7.60. The third-order valence-corrected chi connectivity index (χ3v) is 5.13. The molecule has 35 heavy (non-hydrogen) atoms. The quantitative estimate of drug-likeness (QED) is 0.0980. The van der Waals surface area contributed by atoms with Crippen LogP contribution >= 0.6 is 12.6 Å². The largest absolute Gasteiger partial charge is 0.480 e. The van der Waals surface area contributed by atoms with Crippen LogP contribution in [-0.4, -0.2) is 80.5 Å². The molecule has 16 heteroatoms. The molecule has 0 saturated heterocycles. The fraction of sp³-hybridized carbons (Fsp3) is 0.526. The number of nitrogens with zero attached hydrogens (tertiary/aromatic N) is 1. The number of carbonyl (C=O) groups is 6. The number of aromatic nitrogens is 2. The van der Waals surface area contributed by atoms with Gasteiger partial charge in [-0.3, -0.25) is 24.0 Å². The topological polar surface area (TPSA) is 265 Å². The molecule has 0 aromatic carbocycles. The van der Waals surface area contributed by atoms with Crippen molar-refractivity contribution < 1.29 is 33.9 Å². The number of carbonyl (C=O) groups excluding carboxylic acids is 5. The summed E-state index contributed by atoms with van der Waals surface area (Å²) >= 11 is 4.02. The Morgan fingerprint density at radius 2 is 1.46 bits per heavy atom. The van der Waals surface area contributed by atoms with Crippen LogP contribution in [0.4, 0.5) is 0 Å². The fourth-order valence-electron chi connectivity index (χ4n) is 2.82. The second-order valence-corrected chi connectivity index (χ2v) is 7.97. The predicted molar refractivity (Wildman–Crippen MR) is 124 cm³/mol. The first kappa shape index (κ1) is 29.4. The highest BCUT2D eigenvalue weighted by Crippen LogP contribution is 2.04. The molecule has 5 amide bonds. The molecule has 0 aliphatic heterocycles. The van der Waals surface area contributed by atoms with Crippen LogP contribution in [0.5, 0.6) is 0 Å². The molecule has 0 aliphatic rings. The highest BCUT2D eigenvalue weighted by atomic mass is 32.1. The number of aliphatic carboxylic acids is 1. The summed E-state index contributed by atoms with van der Waals surface area (Å²) < 4.78 is 0. The van der Waals surface area contributed by atoms with Crippen molar-refractivity contribution in [1.82, 2.24) is 25.9 Å². The molecule has 1 aromatic heterocycles. The van der Waals surface area contributed by atoms with Crippen molar-refractivity contribution in [2.24, 2.45) is 17.2 Å². The minimum atomic E-state index is -1.36. The van der Waals surface area contributed by atoms with Crippen molar-refractivity contribution in [3.8, 4) is 0 Å². The Bertz CT molecular complexity index is 911. The zero-order chi connectivity index (χ0) is 26.5. The van der Waals surface area contributed by atoms with E-state index in [1.807, 2.05) is 0 Å². The lowest BCUT2D eigenvalue weighted by molar-refractivity contribution is -0.142. The zero-order valence-corrected chi connectivity index (χ0v) is 19.6. The molecule has 11 N–H and O–H groups in total. The first-order valence-corrected chi connectivity index (χ1v) is 11.1. The lowest BCUT2D eigenvalue weighted by Crippen LogP contribution is -2.58. The molecule has 0 fully saturated rings. The number of H-pyrrole nitrogens is 1. The van der Waals surface area contributed by atoms with Crippen molar-refractivity contribution in [2.75, 3.05) is 5.75 Å². The normalized spacial score (nSPS) is 14.1. The number of rotatable bonds is 16. The zero-order valence-electron chi connectivity index (χ0n) is 18.7. The van der Waals surface area contributed by atoms with Gasteiger partial charge in [0.05, 0.1) is 12.4 Å². The van der Waals surface area contributed by atoms with Gasteiger partial charge in [-0.15, -0.1) is 0 Å². The molecule has 0 spiro atoms. The third-order valence-electron chi connectivity index (χ3n) is 4.76. The average Bonchev–Trinajstić information content (AvgIpc) is 3.30. The van der Waals surface area contributed by atoms with Crippen molar-refractivity contribution in [3.63, 3.8) is 0 Å². The molecule has 4 atom stereocenters. The number of hydrogen-bond donors (Lipinski definition) is 9. The monoisotopic (exact) mass is 514 g/mol. The summed E-state index contributed by atoms with van der Waals surface area (Å²) in [6, 6.07) is -5.05. The van der Waals surface area contributed by atoms with Crippen LogP contribution in [0.1, 0.15) is 31.4 Å². The molecular formula is C19H30N8O7S. The van der Waals surface area contributed by atoms with Gasteiger partial charge in [0, 0.05) is 36.9 Å². The minimum absolute atomic E-state index is 0.0430. The van der Waals surface area contributed by atoms with Crippen LogP contribution in [0.3, 0.4) is 0 Å². The first-order chi connectivity index (χ1) is 16.4. The highest BCUT2D eigenvalue weighted by Gasteiger charge is 2.30. The van der Waals surface area contributed by atoms with Crippen molar-refractivity contribution in [2.45, 2.75) is 56.3 Å². The van der Waals surface area contributed by atoms with Gasteiger partial charge in [0.1, 0.15) is 18.1 Å². The SMILES string of the molecule is NC(=O)CCC(N)C(=O)NC(CS)C(=O)NC(CCC(N)=O)C(=O)NC(Cc1cnc[nH]1)C(=O)O. The molecule has 1 aromatic rings. The number of nitrogens with one attached hydrogen (secondary N) is 4. The Morgan fingerprint density at radius 1 is 0.914 bits per heavy atom. The van der Waals surface area contributed by atoms with E-state index in [0.29, 0.717) is 5.69 Å². The van der Waals surface area contributed by atoms with Gasteiger partial charge in [-0.1, -0.05) is 0 Å². The van der Waals surface area contributed by atoms with E-state index in [2.05, 4.69) is 38.5 Å². The summed E-state index contributed by atoms with van der Waals surface area (Å²) in [5, 5.41) is 16.5. The number of imidazole rings is 1. The van der Waals surface area contributed by atoms with Gasteiger partial charge in [0.25, 0.3) is 0 Å². The van der Waals surface area contributed by atoms with Crippen LogP contribution in [0.15, 0.2) is 12.5 Å². The van der Waals surface area contributed by atoms with Gasteiger partial charge in [0.15, 0.2) is 0 Å². The maximum atomic E-state index is 12.8. The molecule has 1 rings (SSSR count). The van der Waals surface area contributed by atoms with Crippen LogP contribution < -0.4 is 33.2 Å². The number of thiol groups is 1. The first-order valence-electron chi connectivity index (χ1n) is 10.5. The van der Waals surface area contributed by atoms with Crippen molar-refractivity contribution in [3.05, 3.63) is 18.2 Å². The van der Waals surface area contributed by atoms with E-state index in [1.165, 1.54) is 12.5 Å². The smallest absolute Gasteiger partial charge is 0.326 e. The summed E-state index contributed by atoms with van der Waals surface area (Å²) in [6.45, 7) is 0. The van der Waals surface area contributed by atoms with Crippen LogP contribution in [0, 0.1) is 0 Å². The molecule has 15 nitrogen and oxygen atoms in total. The Kier molecular flexibility index (Phi) is 12.2. The number of hydrogen-bond acceptors (Lipinski definition) is 9. The van der Waals surface area contributed by atoms with Crippen molar-refractivity contribution in [1.29, 1.82) is 0 Å². The standard InChI is InChI=1S/C19H30N8O7S/c20-10(1-3-14(21)28)16(30)27-13(7-35)18(32)25-11(2-4-15(22)29)17(31)26-12(19(33)34)5-9-6-23-8-24-9/h6,8,10-13,35H,1-5,7,20H2,(H2,21,28)(H2,22,29)(H,23,24)(H,25,32)(H,26,31)(H,27,30)(H,33,34). The molecule has 0 saturated carbocycles. The molecule has 0 radical (unpaired) electrons. The Hall–Kier alpha value is -3.66. The van der Waals surface area contributed by atoms with E-state index in [9.17, 15) is 33.9 Å². The van der Waals surface area contributed by atoms with Crippen molar-refractivity contribution >= 4 is 48.1 Å². The van der Waals surface area contributed by atoms with E-state index in [-0.39, 0.29) is 37.9 Å². The molecule has 0 aliphatic carbocycles. The van der Waals surface area contributed by atoms with E-state index < -0.39 is 59.7 Å². The van der Waals surface area contributed by atoms with Gasteiger partial charge in [0.2, 0.25) is 29.5 Å². The maximum absolute atomic E-state index is 12.8. The number of primary amides is 2. The van der Waals surface area contributed by atoms with Gasteiger partial charge >= 0.3 is 5.97 Å². The minimum Gasteiger partial charge on any atom is -0.480 e. The molecule has 0 bridgehead atoms. The number of amides is 5. The number of carboxylic acids is 1. The molecule has 1 heterocycles. The average molecular weight is 515 g/mol. The van der Waals surface area contributed by atoms with E-state index in [4.69, 9.17) is 17.2 Å². The Balaban J connectivity index is 2.88. The van der Waals surface area contributed by atoms with E-state index >= 15 is 0 Å². The van der Waals surface area contributed by atoms with Gasteiger partial charge in [-0.2, -0.15) is 12.6 Å². The summed E-state index contributed by atoms with van der Waals surface area (Å²) in [5.41, 5.74) is 16.3.